The number of hydrogen-bond acceptors (Lipinski definition) is 2. The Bertz CT molecular complexity index is 115. The lowest BCUT2D eigenvalue weighted by atomic mass is 10.4. The molecule has 66 valence electrons. The molecular weight excluding hydrogens is 158 g/mol. The molecule has 0 aliphatic carbocycles. The second-order valence-corrected chi connectivity index (χ2v) is 3.80. The fraction of sp³-hybridized carbons (Fsp3) is 0.875. The molecule has 0 radical (unpaired) electrons. The Hall–Kier alpha value is -0.180. The Labute approximate surface area is 73.3 Å². The molecule has 0 spiro atoms. The summed E-state index contributed by atoms with van der Waals surface area (Å²) in [6.45, 7) is 2.16. The minimum absolute atomic E-state index is 0.214. The Balaban J connectivity index is 3.18. The lowest BCUT2D eigenvalue weighted by molar-refractivity contribution is -0.125. The van der Waals surface area contributed by atoms with Crippen LogP contribution in [0, 0.1) is 0 Å². The van der Waals surface area contributed by atoms with Gasteiger partial charge in [0, 0.05) is 14.1 Å². The molecule has 0 aromatic carbocycles. The fourth-order valence-corrected chi connectivity index (χ4v) is 1.60. The summed E-state index contributed by atoms with van der Waals surface area (Å²) in [4.78, 5) is 12.6. The van der Waals surface area contributed by atoms with E-state index in [1.54, 1.807) is 30.8 Å². The van der Waals surface area contributed by atoms with Crippen LogP contribution in [0.3, 0.4) is 0 Å². The van der Waals surface area contributed by atoms with E-state index >= 15 is 0 Å². The molecule has 0 rings (SSSR count). The van der Waals surface area contributed by atoms with Crippen molar-refractivity contribution in [3.05, 3.63) is 0 Å². The first kappa shape index (κ1) is 10.8. The van der Waals surface area contributed by atoms with Crippen LogP contribution in [0.1, 0.15) is 19.8 Å². The largest absolute Gasteiger partial charge is 0.348 e. The van der Waals surface area contributed by atoms with Crippen LogP contribution in [0.15, 0.2) is 0 Å². The van der Waals surface area contributed by atoms with Crippen LogP contribution in [-0.2, 0) is 4.79 Å². The maximum absolute atomic E-state index is 11.0. The molecule has 0 N–H and O–H groups in total. The molecule has 0 atom stereocenters. The van der Waals surface area contributed by atoms with E-state index in [0.29, 0.717) is 5.75 Å². The van der Waals surface area contributed by atoms with Crippen molar-refractivity contribution in [2.24, 2.45) is 0 Å². The van der Waals surface area contributed by atoms with Crippen LogP contribution in [-0.4, -0.2) is 36.4 Å². The van der Waals surface area contributed by atoms with E-state index in [1.165, 1.54) is 12.8 Å². The smallest absolute Gasteiger partial charge is 0.232 e. The molecule has 2 nitrogen and oxygen atoms in total. The van der Waals surface area contributed by atoms with Gasteiger partial charge in [0.2, 0.25) is 5.91 Å². The minimum Gasteiger partial charge on any atom is -0.348 e. The van der Waals surface area contributed by atoms with Gasteiger partial charge >= 0.3 is 0 Å². The summed E-state index contributed by atoms with van der Waals surface area (Å²) >= 11 is 1.72. The maximum Gasteiger partial charge on any atom is 0.232 e. The fourth-order valence-electron chi connectivity index (χ4n) is 0.535. The van der Waals surface area contributed by atoms with E-state index in [-0.39, 0.29) is 5.91 Å². The standard InChI is InChI=1S/C8H17NOS/c1-4-5-6-11-7-8(10)9(2)3/h4-7H2,1-3H3. The highest BCUT2D eigenvalue weighted by Crippen LogP contribution is 2.04. The molecule has 0 aliphatic heterocycles. The second kappa shape index (κ2) is 6.53. The van der Waals surface area contributed by atoms with Gasteiger partial charge in [-0.1, -0.05) is 13.3 Å². The Morgan fingerprint density at radius 3 is 2.55 bits per heavy atom. The van der Waals surface area contributed by atoms with E-state index in [4.69, 9.17) is 0 Å². The number of carbonyl (C=O) groups is 1. The lowest BCUT2D eigenvalue weighted by Gasteiger charge is -2.08. The summed E-state index contributed by atoms with van der Waals surface area (Å²) in [6.07, 6.45) is 2.43. The van der Waals surface area contributed by atoms with Gasteiger partial charge in [0.05, 0.1) is 5.75 Å². The zero-order chi connectivity index (χ0) is 8.69. The van der Waals surface area contributed by atoms with Gasteiger partial charge in [-0.3, -0.25) is 4.79 Å². The first-order valence-corrected chi connectivity index (χ1v) is 5.11. The first-order valence-electron chi connectivity index (χ1n) is 3.96. The van der Waals surface area contributed by atoms with E-state index in [2.05, 4.69) is 6.92 Å². The van der Waals surface area contributed by atoms with E-state index in [0.717, 1.165) is 5.75 Å². The first-order chi connectivity index (χ1) is 5.18. The normalized spacial score (nSPS) is 9.73. The molecule has 1 amide bonds. The van der Waals surface area contributed by atoms with Gasteiger partial charge in [0.25, 0.3) is 0 Å². The molecule has 11 heavy (non-hydrogen) atoms. The summed E-state index contributed by atoms with van der Waals surface area (Å²) in [7, 11) is 3.59. The number of hydrogen-bond donors (Lipinski definition) is 0. The van der Waals surface area contributed by atoms with E-state index in [1.807, 2.05) is 0 Å². The van der Waals surface area contributed by atoms with Crippen LogP contribution in [0.4, 0.5) is 0 Å². The number of thioether (sulfide) groups is 1. The van der Waals surface area contributed by atoms with Crippen molar-refractivity contribution in [2.45, 2.75) is 19.8 Å². The summed E-state index contributed by atoms with van der Waals surface area (Å²) in [5.41, 5.74) is 0. The monoisotopic (exact) mass is 175 g/mol. The van der Waals surface area contributed by atoms with Gasteiger partial charge in [0.15, 0.2) is 0 Å². The van der Waals surface area contributed by atoms with Crippen LogP contribution < -0.4 is 0 Å². The maximum atomic E-state index is 11.0. The third-order valence-corrected chi connectivity index (χ3v) is 2.39. The highest BCUT2D eigenvalue weighted by atomic mass is 32.2. The predicted octanol–water partition coefficient (Wildman–Crippen LogP) is 1.61. The van der Waals surface area contributed by atoms with Gasteiger partial charge in [-0.05, 0) is 12.2 Å². The average Bonchev–Trinajstić information content (AvgIpc) is 1.97. The lowest BCUT2D eigenvalue weighted by Crippen LogP contribution is -2.23. The molecule has 0 bridgehead atoms. The number of amides is 1. The van der Waals surface area contributed by atoms with Crippen LogP contribution in [0.2, 0.25) is 0 Å². The van der Waals surface area contributed by atoms with Crippen molar-refractivity contribution in [2.75, 3.05) is 25.6 Å². The highest BCUT2D eigenvalue weighted by Gasteiger charge is 2.01. The molecule has 0 aromatic rings. The van der Waals surface area contributed by atoms with Gasteiger partial charge in [-0.2, -0.15) is 11.8 Å². The molecule has 0 fully saturated rings. The van der Waals surface area contributed by atoms with Crippen LogP contribution in [0.25, 0.3) is 0 Å². The molecular formula is C8H17NOS. The number of rotatable bonds is 5. The topological polar surface area (TPSA) is 20.3 Å². The molecule has 0 heterocycles. The summed E-state index contributed by atoms with van der Waals surface area (Å²) < 4.78 is 0. The number of carbonyl (C=O) groups excluding carboxylic acids is 1. The average molecular weight is 175 g/mol. The molecule has 0 aliphatic rings. The third-order valence-electron chi connectivity index (χ3n) is 1.37. The predicted molar refractivity (Wildman–Crippen MR) is 50.9 cm³/mol. The zero-order valence-corrected chi connectivity index (χ0v) is 8.41. The second-order valence-electron chi connectivity index (χ2n) is 2.69. The summed E-state index contributed by atoms with van der Waals surface area (Å²) in [5, 5.41) is 0. The van der Waals surface area contributed by atoms with Crippen molar-refractivity contribution in [3.8, 4) is 0 Å². The van der Waals surface area contributed by atoms with Gasteiger partial charge in [-0.15, -0.1) is 0 Å². The molecule has 3 heteroatoms. The van der Waals surface area contributed by atoms with Crippen LogP contribution >= 0.6 is 11.8 Å². The SMILES string of the molecule is CCCCSCC(=O)N(C)C. The summed E-state index contributed by atoms with van der Waals surface area (Å²) in [5.74, 6) is 1.95. The van der Waals surface area contributed by atoms with Gasteiger partial charge in [0.1, 0.15) is 0 Å². The Kier molecular flexibility index (Phi) is 6.42. The number of unbranched alkanes of at least 4 members (excludes halogenated alkanes) is 1. The van der Waals surface area contributed by atoms with Crippen molar-refractivity contribution >= 4 is 17.7 Å². The van der Waals surface area contributed by atoms with Crippen LogP contribution in [0.5, 0.6) is 0 Å². The zero-order valence-electron chi connectivity index (χ0n) is 7.59. The van der Waals surface area contributed by atoms with E-state index < -0.39 is 0 Å². The van der Waals surface area contributed by atoms with Crippen molar-refractivity contribution in [1.82, 2.24) is 4.90 Å². The molecule has 0 unspecified atom stereocenters. The van der Waals surface area contributed by atoms with Crippen molar-refractivity contribution in [1.29, 1.82) is 0 Å². The Morgan fingerprint density at radius 1 is 1.45 bits per heavy atom. The molecule has 0 aromatic heterocycles. The Morgan fingerprint density at radius 2 is 2.09 bits per heavy atom. The third kappa shape index (κ3) is 6.23. The molecule has 0 saturated heterocycles. The quantitative estimate of drug-likeness (QED) is 0.592. The summed E-state index contributed by atoms with van der Waals surface area (Å²) in [6, 6.07) is 0. The van der Waals surface area contributed by atoms with E-state index in [9.17, 15) is 4.79 Å². The van der Waals surface area contributed by atoms with Gasteiger partial charge < -0.3 is 4.90 Å². The van der Waals surface area contributed by atoms with Crippen molar-refractivity contribution < 1.29 is 4.79 Å². The number of nitrogens with zero attached hydrogens (tertiary/aromatic N) is 1. The minimum atomic E-state index is 0.214. The highest BCUT2D eigenvalue weighted by molar-refractivity contribution is 7.99. The molecule has 0 saturated carbocycles. The van der Waals surface area contributed by atoms with Crippen molar-refractivity contribution in [3.63, 3.8) is 0 Å². The van der Waals surface area contributed by atoms with Gasteiger partial charge in [-0.25, -0.2) is 0 Å².